The molecule has 4 nitrogen and oxygen atoms in total. The molecule has 0 spiro atoms. The first kappa shape index (κ1) is 9.96. The number of carbonyl (C=O) groups excluding carboxylic acids is 2. The summed E-state index contributed by atoms with van der Waals surface area (Å²) in [6.07, 6.45) is 3.82. The molecular weight excluding hydrogens is 192 g/mol. The minimum absolute atomic E-state index is 0.0768. The van der Waals surface area contributed by atoms with Crippen molar-refractivity contribution >= 4 is 11.7 Å². The molecule has 0 aliphatic carbocycles. The number of carbonyl (C=O) groups is 2. The van der Waals surface area contributed by atoms with Crippen molar-refractivity contribution in [3.05, 3.63) is 24.0 Å². The zero-order chi connectivity index (χ0) is 11.1. The molecule has 1 aliphatic rings. The van der Waals surface area contributed by atoms with E-state index >= 15 is 0 Å². The normalized spacial score (nSPS) is 19.6. The third kappa shape index (κ3) is 1.46. The summed E-state index contributed by atoms with van der Waals surface area (Å²) in [4.78, 5) is 28.1. The SMILES string of the molecule is CC1(C)C(=O)CCN1C(=O)c1cc[nH]c1. The van der Waals surface area contributed by atoms with E-state index in [1.54, 1.807) is 37.2 Å². The van der Waals surface area contributed by atoms with Crippen molar-refractivity contribution in [2.75, 3.05) is 6.54 Å². The predicted octanol–water partition coefficient (Wildman–Crippen LogP) is 1.21. The molecule has 2 heterocycles. The minimum atomic E-state index is -0.658. The monoisotopic (exact) mass is 206 g/mol. The Balaban J connectivity index is 2.26. The maximum absolute atomic E-state index is 12.0. The van der Waals surface area contributed by atoms with E-state index in [-0.39, 0.29) is 11.7 Å². The summed E-state index contributed by atoms with van der Waals surface area (Å²) in [5, 5.41) is 0. The lowest BCUT2D eigenvalue weighted by molar-refractivity contribution is -0.123. The van der Waals surface area contributed by atoms with Gasteiger partial charge in [-0.05, 0) is 19.9 Å². The second kappa shape index (κ2) is 3.22. The Labute approximate surface area is 88.3 Å². The van der Waals surface area contributed by atoms with Gasteiger partial charge in [0, 0.05) is 25.4 Å². The number of nitrogens with zero attached hydrogens (tertiary/aromatic N) is 1. The molecule has 1 aliphatic heterocycles. The Morgan fingerprint density at radius 2 is 2.27 bits per heavy atom. The summed E-state index contributed by atoms with van der Waals surface area (Å²) >= 11 is 0. The molecule has 4 heteroatoms. The first-order valence-electron chi connectivity index (χ1n) is 5.01. The van der Waals surface area contributed by atoms with Gasteiger partial charge in [-0.15, -0.1) is 0 Å². The number of likely N-dealkylation sites (tertiary alicyclic amines) is 1. The van der Waals surface area contributed by atoms with E-state index in [1.807, 2.05) is 0 Å². The molecular formula is C11H14N2O2. The highest BCUT2D eigenvalue weighted by Crippen LogP contribution is 2.26. The Morgan fingerprint density at radius 1 is 1.53 bits per heavy atom. The average molecular weight is 206 g/mol. The van der Waals surface area contributed by atoms with Gasteiger partial charge in [0.1, 0.15) is 0 Å². The molecule has 0 unspecified atom stereocenters. The Morgan fingerprint density at radius 3 is 2.73 bits per heavy atom. The third-order valence-corrected chi connectivity index (χ3v) is 3.01. The van der Waals surface area contributed by atoms with Gasteiger partial charge in [-0.2, -0.15) is 0 Å². The number of rotatable bonds is 1. The van der Waals surface area contributed by atoms with Gasteiger partial charge in [-0.25, -0.2) is 0 Å². The summed E-state index contributed by atoms with van der Waals surface area (Å²) in [6.45, 7) is 4.12. The van der Waals surface area contributed by atoms with E-state index in [0.717, 1.165) is 0 Å². The molecule has 1 fully saturated rings. The fourth-order valence-corrected chi connectivity index (χ4v) is 1.92. The Bertz CT molecular complexity index is 393. The largest absolute Gasteiger partial charge is 0.367 e. The standard InChI is InChI=1S/C11H14N2O2/c1-11(2)9(14)4-6-13(11)10(15)8-3-5-12-7-8/h3,5,7,12H,4,6H2,1-2H3. The lowest BCUT2D eigenvalue weighted by atomic mass is 10.0. The van der Waals surface area contributed by atoms with Crippen molar-refractivity contribution in [2.45, 2.75) is 25.8 Å². The van der Waals surface area contributed by atoms with Gasteiger partial charge in [0.25, 0.3) is 5.91 Å². The number of amides is 1. The number of nitrogens with one attached hydrogen (secondary N) is 1. The molecule has 2 rings (SSSR count). The molecule has 0 saturated carbocycles. The van der Waals surface area contributed by atoms with Gasteiger partial charge in [-0.1, -0.05) is 0 Å². The molecule has 0 bridgehead atoms. The highest BCUT2D eigenvalue weighted by atomic mass is 16.2. The number of hydrogen-bond donors (Lipinski definition) is 1. The number of Topliss-reactive ketones (excluding diaryl/α,β-unsaturated/α-hetero) is 1. The Hall–Kier alpha value is -1.58. The molecule has 1 saturated heterocycles. The van der Waals surface area contributed by atoms with Crippen LogP contribution in [0.1, 0.15) is 30.6 Å². The Kier molecular flexibility index (Phi) is 2.14. The van der Waals surface area contributed by atoms with E-state index in [0.29, 0.717) is 18.5 Å². The van der Waals surface area contributed by atoms with Crippen LogP contribution in [0.2, 0.25) is 0 Å². The molecule has 0 atom stereocenters. The van der Waals surface area contributed by atoms with Gasteiger partial charge in [0.2, 0.25) is 0 Å². The first-order chi connectivity index (χ1) is 7.03. The van der Waals surface area contributed by atoms with Crippen LogP contribution in [0.15, 0.2) is 18.5 Å². The van der Waals surface area contributed by atoms with Crippen LogP contribution in [0.5, 0.6) is 0 Å². The maximum Gasteiger partial charge on any atom is 0.256 e. The van der Waals surface area contributed by atoms with Crippen LogP contribution < -0.4 is 0 Å². The zero-order valence-electron chi connectivity index (χ0n) is 8.91. The molecule has 1 aromatic rings. The van der Waals surface area contributed by atoms with Crippen LogP contribution in [-0.4, -0.2) is 33.7 Å². The lowest BCUT2D eigenvalue weighted by Gasteiger charge is -2.29. The van der Waals surface area contributed by atoms with Crippen LogP contribution in [0.3, 0.4) is 0 Å². The van der Waals surface area contributed by atoms with Gasteiger partial charge >= 0.3 is 0 Å². The van der Waals surface area contributed by atoms with Crippen LogP contribution in [0, 0.1) is 0 Å². The third-order valence-electron chi connectivity index (χ3n) is 3.01. The van der Waals surface area contributed by atoms with E-state index in [4.69, 9.17) is 0 Å². The van der Waals surface area contributed by atoms with Crippen molar-refractivity contribution in [3.8, 4) is 0 Å². The topological polar surface area (TPSA) is 53.2 Å². The second-order valence-electron chi connectivity index (χ2n) is 4.29. The van der Waals surface area contributed by atoms with E-state index in [9.17, 15) is 9.59 Å². The fourth-order valence-electron chi connectivity index (χ4n) is 1.92. The summed E-state index contributed by atoms with van der Waals surface area (Å²) in [6, 6.07) is 1.72. The minimum Gasteiger partial charge on any atom is -0.367 e. The van der Waals surface area contributed by atoms with Crippen molar-refractivity contribution in [1.29, 1.82) is 0 Å². The molecule has 0 aromatic carbocycles. The smallest absolute Gasteiger partial charge is 0.256 e. The van der Waals surface area contributed by atoms with E-state index in [1.165, 1.54) is 0 Å². The number of hydrogen-bond acceptors (Lipinski definition) is 2. The first-order valence-corrected chi connectivity index (χ1v) is 5.01. The van der Waals surface area contributed by atoms with Crippen LogP contribution in [0.25, 0.3) is 0 Å². The lowest BCUT2D eigenvalue weighted by Crippen LogP contribution is -2.46. The summed E-state index contributed by atoms with van der Waals surface area (Å²) in [5.74, 6) is 0.0542. The van der Waals surface area contributed by atoms with Crippen LogP contribution >= 0.6 is 0 Å². The second-order valence-corrected chi connectivity index (χ2v) is 4.29. The number of aromatic amines is 1. The predicted molar refractivity (Wildman–Crippen MR) is 55.5 cm³/mol. The summed E-state index contributed by atoms with van der Waals surface area (Å²) in [7, 11) is 0. The number of H-pyrrole nitrogens is 1. The average Bonchev–Trinajstić information content (AvgIpc) is 2.76. The van der Waals surface area contributed by atoms with E-state index in [2.05, 4.69) is 4.98 Å². The van der Waals surface area contributed by atoms with Crippen LogP contribution in [-0.2, 0) is 4.79 Å². The van der Waals surface area contributed by atoms with Crippen molar-refractivity contribution in [2.24, 2.45) is 0 Å². The van der Waals surface area contributed by atoms with Gasteiger partial charge in [0.05, 0.1) is 11.1 Å². The highest BCUT2D eigenvalue weighted by molar-refractivity contribution is 6.01. The van der Waals surface area contributed by atoms with E-state index < -0.39 is 5.54 Å². The zero-order valence-corrected chi connectivity index (χ0v) is 8.91. The molecule has 0 radical (unpaired) electrons. The van der Waals surface area contributed by atoms with Crippen LogP contribution in [0.4, 0.5) is 0 Å². The summed E-state index contributed by atoms with van der Waals surface area (Å²) in [5.41, 5.74) is -0.0493. The molecule has 1 amide bonds. The number of ketones is 1. The molecule has 80 valence electrons. The summed E-state index contributed by atoms with van der Waals surface area (Å²) < 4.78 is 0. The van der Waals surface area contributed by atoms with Gasteiger partial charge in [0.15, 0.2) is 5.78 Å². The van der Waals surface area contributed by atoms with Gasteiger partial charge < -0.3 is 9.88 Å². The fraction of sp³-hybridized carbons (Fsp3) is 0.455. The molecule has 1 N–H and O–H groups in total. The highest BCUT2D eigenvalue weighted by Gasteiger charge is 2.42. The van der Waals surface area contributed by atoms with Gasteiger partial charge in [-0.3, -0.25) is 9.59 Å². The van der Waals surface area contributed by atoms with Crippen molar-refractivity contribution in [1.82, 2.24) is 9.88 Å². The van der Waals surface area contributed by atoms with Crippen molar-refractivity contribution in [3.63, 3.8) is 0 Å². The molecule has 1 aromatic heterocycles. The quantitative estimate of drug-likeness (QED) is 0.750. The number of aromatic nitrogens is 1. The maximum atomic E-state index is 12.0. The molecule has 15 heavy (non-hydrogen) atoms. The van der Waals surface area contributed by atoms with Crippen molar-refractivity contribution < 1.29 is 9.59 Å².